The van der Waals surface area contributed by atoms with Crippen molar-refractivity contribution < 1.29 is 4.52 Å². The van der Waals surface area contributed by atoms with Gasteiger partial charge in [-0.3, -0.25) is 0 Å². The van der Waals surface area contributed by atoms with E-state index in [2.05, 4.69) is 52.7 Å². The molecule has 1 heterocycles. The highest BCUT2D eigenvalue weighted by Crippen LogP contribution is 2.19. The van der Waals surface area contributed by atoms with E-state index in [9.17, 15) is 0 Å². The van der Waals surface area contributed by atoms with Crippen LogP contribution in [0, 0.1) is 0 Å². The molecule has 3 aromatic rings. The Morgan fingerprint density at radius 3 is 2.80 bits per heavy atom. The van der Waals surface area contributed by atoms with Crippen LogP contribution in [0.2, 0.25) is 0 Å². The standard InChI is InChI=1S/C16H17N3O/c1-2-5-15-18-16(20-19-15)11-17-14-9-8-12-6-3-4-7-13(12)10-14/h3-4,6-10,17H,2,5,11H2,1H3. The molecule has 0 saturated carbocycles. The molecule has 1 aromatic heterocycles. The number of hydrogen-bond acceptors (Lipinski definition) is 4. The van der Waals surface area contributed by atoms with Crippen LogP contribution in [-0.4, -0.2) is 10.1 Å². The van der Waals surface area contributed by atoms with Gasteiger partial charge >= 0.3 is 0 Å². The third-order valence-electron chi connectivity index (χ3n) is 3.18. The van der Waals surface area contributed by atoms with Crippen LogP contribution < -0.4 is 5.32 Å². The molecule has 2 aromatic carbocycles. The third-order valence-corrected chi connectivity index (χ3v) is 3.18. The van der Waals surface area contributed by atoms with Crippen LogP contribution in [0.15, 0.2) is 47.0 Å². The SMILES string of the molecule is CCCc1noc(CNc2ccc3ccccc3c2)n1. The van der Waals surface area contributed by atoms with E-state index in [1.165, 1.54) is 10.8 Å². The van der Waals surface area contributed by atoms with Crippen LogP contribution >= 0.6 is 0 Å². The van der Waals surface area contributed by atoms with Gasteiger partial charge in [-0.1, -0.05) is 42.4 Å². The van der Waals surface area contributed by atoms with Crippen molar-refractivity contribution in [2.45, 2.75) is 26.3 Å². The highest BCUT2D eigenvalue weighted by atomic mass is 16.5. The summed E-state index contributed by atoms with van der Waals surface area (Å²) in [5, 5.41) is 9.71. The summed E-state index contributed by atoms with van der Waals surface area (Å²) in [6.45, 7) is 2.65. The maximum atomic E-state index is 5.20. The maximum Gasteiger partial charge on any atom is 0.245 e. The zero-order valence-corrected chi connectivity index (χ0v) is 11.5. The molecule has 0 bridgehead atoms. The van der Waals surface area contributed by atoms with Crippen molar-refractivity contribution in [3.05, 3.63) is 54.2 Å². The average molecular weight is 267 g/mol. The molecule has 20 heavy (non-hydrogen) atoms. The quantitative estimate of drug-likeness (QED) is 0.764. The van der Waals surface area contributed by atoms with Gasteiger partial charge < -0.3 is 9.84 Å². The topological polar surface area (TPSA) is 51.0 Å². The molecule has 102 valence electrons. The number of aromatic nitrogens is 2. The summed E-state index contributed by atoms with van der Waals surface area (Å²) in [6, 6.07) is 14.6. The van der Waals surface area contributed by atoms with E-state index in [0.717, 1.165) is 24.4 Å². The molecule has 3 rings (SSSR count). The van der Waals surface area contributed by atoms with Gasteiger partial charge in [-0.05, 0) is 29.3 Å². The van der Waals surface area contributed by atoms with Crippen molar-refractivity contribution in [3.8, 4) is 0 Å². The lowest BCUT2D eigenvalue weighted by Crippen LogP contribution is -1.99. The Morgan fingerprint density at radius 2 is 1.95 bits per heavy atom. The Bertz CT molecular complexity index is 706. The minimum Gasteiger partial charge on any atom is -0.376 e. The van der Waals surface area contributed by atoms with Gasteiger partial charge in [0.2, 0.25) is 5.89 Å². The molecule has 0 aliphatic carbocycles. The van der Waals surface area contributed by atoms with Crippen LogP contribution in [0.1, 0.15) is 25.1 Å². The van der Waals surface area contributed by atoms with E-state index in [0.29, 0.717) is 12.4 Å². The van der Waals surface area contributed by atoms with Crippen LogP contribution in [0.4, 0.5) is 5.69 Å². The number of anilines is 1. The van der Waals surface area contributed by atoms with Crippen molar-refractivity contribution in [3.63, 3.8) is 0 Å². The molecule has 0 spiro atoms. The summed E-state index contributed by atoms with van der Waals surface area (Å²) >= 11 is 0. The predicted octanol–water partition coefficient (Wildman–Crippen LogP) is 3.79. The van der Waals surface area contributed by atoms with E-state index in [-0.39, 0.29) is 0 Å². The maximum absolute atomic E-state index is 5.20. The molecule has 0 fully saturated rings. The van der Waals surface area contributed by atoms with Gasteiger partial charge in [0.05, 0.1) is 6.54 Å². The average Bonchev–Trinajstić information content (AvgIpc) is 2.93. The van der Waals surface area contributed by atoms with Crippen LogP contribution in [0.25, 0.3) is 10.8 Å². The highest BCUT2D eigenvalue weighted by molar-refractivity contribution is 5.85. The first-order valence-electron chi connectivity index (χ1n) is 6.89. The Labute approximate surface area is 117 Å². The Balaban J connectivity index is 1.69. The zero-order valence-electron chi connectivity index (χ0n) is 11.5. The lowest BCUT2D eigenvalue weighted by molar-refractivity contribution is 0.377. The fraction of sp³-hybridized carbons (Fsp3) is 0.250. The minimum atomic E-state index is 0.551. The molecule has 0 amide bonds. The monoisotopic (exact) mass is 267 g/mol. The first-order valence-corrected chi connectivity index (χ1v) is 6.89. The van der Waals surface area contributed by atoms with Gasteiger partial charge in [0, 0.05) is 12.1 Å². The first-order chi connectivity index (χ1) is 9.85. The second kappa shape index (κ2) is 5.74. The molecule has 4 nitrogen and oxygen atoms in total. The molecule has 0 unspecified atom stereocenters. The van der Waals surface area contributed by atoms with E-state index >= 15 is 0 Å². The Morgan fingerprint density at radius 1 is 1.10 bits per heavy atom. The van der Waals surface area contributed by atoms with E-state index in [1.54, 1.807) is 0 Å². The van der Waals surface area contributed by atoms with Gasteiger partial charge in [0.25, 0.3) is 0 Å². The third kappa shape index (κ3) is 2.79. The second-order valence-corrected chi connectivity index (χ2v) is 4.77. The molecule has 1 N–H and O–H groups in total. The zero-order chi connectivity index (χ0) is 13.8. The van der Waals surface area contributed by atoms with Gasteiger partial charge in [-0.15, -0.1) is 0 Å². The number of nitrogens with zero attached hydrogens (tertiary/aromatic N) is 2. The van der Waals surface area contributed by atoms with Gasteiger partial charge in [0.15, 0.2) is 5.82 Å². The number of benzene rings is 2. The van der Waals surface area contributed by atoms with Crippen molar-refractivity contribution >= 4 is 16.5 Å². The fourth-order valence-electron chi connectivity index (χ4n) is 2.16. The normalized spacial score (nSPS) is 10.8. The summed E-state index contributed by atoms with van der Waals surface area (Å²) < 4.78 is 5.20. The van der Waals surface area contributed by atoms with Crippen molar-refractivity contribution in [1.82, 2.24) is 10.1 Å². The van der Waals surface area contributed by atoms with Gasteiger partial charge in [-0.25, -0.2) is 0 Å². The number of hydrogen-bond donors (Lipinski definition) is 1. The number of aryl methyl sites for hydroxylation is 1. The fourth-order valence-corrected chi connectivity index (χ4v) is 2.16. The molecule has 4 heteroatoms. The van der Waals surface area contributed by atoms with Crippen molar-refractivity contribution in [2.24, 2.45) is 0 Å². The molecule has 0 aliphatic heterocycles. The summed E-state index contributed by atoms with van der Waals surface area (Å²) in [4.78, 5) is 4.34. The smallest absolute Gasteiger partial charge is 0.245 e. The lowest BCUT2D eigenvalue weighted by atomic mass is 10.1. The Hall–Kier alpha value is -2.36. The minimum absolute atomic E-state index is 0.551. The molecule has 0 atom stereocenters. The summed E-state index contributed by atoms with van der Waals surface area (Å²) in [5.41, 5.74) is 1.05. The van der Waals surface area contributed by atoms with Crippen LogP contribution in [0.5, 0.6) is 0 Å². The summed E-state index contributed by atoms with van der Waals surface area (Å²) in [6.07, 6.45) is 1.89. The number of fused-ring (bicyclic) bond motifs is 1. The van der Waals surface area contributed by atoms with E-state index in [4.69, 9.17) is 4.52 Å². The second-order valence-electron chi connectivity index (χ2n) is 4.77. The first kappa shape index (κ1) is 12.7. The summed E-state index contributed by atoms with van der Waals surface area (Å²) in [7, 11) is 0. The molecule has 0 aliphatic rings. The highest BCUT2D eigenvalue weighted by Gasteiger charge is 2.05. The largest absolute Gasteiger partial charge is 0.376 e. The number of rotatable bonds is 5. The van der Waals surface area contributed by atoms with Crippen molar-refractivity contribution in [2.75, 3.05) is 5.32 Å². The van der Waals surface area contributed by atoms with Crippen molar-refractivity contribution in [1.29, 1.82) is 0 Å². The molecular formula is C16H17N3O. The van der Waals surface area contributed by atoms with E-state index < -0.39 is 0 Å². The predicted molar refractivity (Wildman–Crippen MR) is 79.6 cm³/mol. The lowest BCUT2D eigenvalue weighted by Gasteiger charge is -2.05. The molecule has 0 radical (unpaired) electrons. The summed E-state index contributed by atoms with van der Waals surface area (Å²) in [5.74, 6) is 1.41. The van der Waals surface area contributed by atoms with Crippen LogP contribution in [-0.2, 0) is 13.0 Å². The number of nitrogens with one attached hydrogen (secondary N) is 1. The molecule has 0 saturated heterocycles. The van der Waals surface area contributed by atoms with Gasteiger partial charge in [-0.2, -0.15) is 4.98 Å². The Kier molecular flexibility index (Phi) is 3.63. The van der Waals surface area contributed by atoms with Gasteiger partial charge in [0.1, 0.15) is 0 Å². The molecular weight excluding hydrogens is 250 g/mol. The van der Waals surface area contributed by atoms with E-state index in [1.807, 2.05) is 12.1 Å². The van der Waals surface area contributed by atoms with Crippen LogP contribution in [0.3, 0.4) is 0 Å².